The van der Waals surface area contributed by atoms with Gasteiger partial charge in [0.05, 0.1) is 0 Å². The van der Waals surface area contributed by atoms with Gasteiger partial charge in [-0.2, -0.15) is 0 Å². The summed E-state index contributed by atoms with van der Waals surface area (Å²) in [6, 6.07) is 17.9. The maximum atomic E-state index is 6.34. The number of hydrogen-bond acceptors (Lipinski definition) is 7. The molecule has 0 aliphatic carbocycles. The molecule has 2 rings (SSSR count). The molecule has 42 heavy (non-hydrogen) atoms. The maximum Gasteiger partial charge on any atom is 0.120 e. The van der Waals surface area contributed by atoms with E-state index in [2.05, 4.69) is 91.4 Å². The Morgan fingerprint density at radius 3 is 1.60 bits per heavy atom. The van der Waals surface area contributed by atoms with Crippen LogP contribution in [0.3, 0.4) is 0 Å². The van der Waals surface area contributed by atoms with E-state index in [4.69, 9.17) is 16.2 Å². The van der Waals surface area contributed by atoms with Gasteiger partial charge in [0.2, 0.25) is 0 Å². The van der Waals surface area contributed by atoms with Crippen molar-refractivity contribution in [1.29, 1.82) is 0 Å². The lowest BCUT2D eigenvalue weighted by Crippen LogP contribution is -2.36. The number of ether oxygens (including phenoxy) is 1. The Labute approximate surface area is 257 Å². The quantitative estimate of drug-likeness (QED) is 0.0973. The molecular weight excluding hydrogens is 520 g/mol. The zero-order valence-electron chi connectivity index (χ0n) is 27.1. The molecule has 2 atom stereocenters. The fraction of sp³-hybridized carbons (Fsp3) is 0.657. The average molecular weight is 583 g/mol. The summed E-state index contributed by atoms with van der Waals surface area (Å²) in [5, 5.41) is 14.6. The van der Waals surface area contributed by atoms with E-state index in [9.17, 15) is 0 Å². The van der Waals surface area contributed by atoms with E-state index in [-0.39, 0.29) is 0 Å². The van der Waals surface area contributed by atoms with Crippen LogP contribution in [0.2, 0.25) is 0 Å². The highest BCUT2D eigenvalue weighted by Crippen LogP contribution is 2.22. The molecular formula is C35H62N6O. The molecule has 8 N–H and O–H groups in total. The first-order valence-corrected chi connectivity index (χ1v) is 16.5. The number of benzene rings is 2. The lowest BCUT2D eigenvalue weighted by atomic mass is 9.96. The van der Waals surface area contributed by atoms with Crippen LogP contribution in [0.5, 0.6) is 5.75 Å². The number of hydrogen-bond donors (Lipinski definition) is 6. The molecule has 0 saturated heterocycles. The first-order valence-electron chi connectivity index (χ1n) is 16.5. The van der Waals surface area contributed by atoms with Crippen LogP contribution in [0.4, 0.5) is 0 Å². The summed E-state index contributed by atoms with van der Waals surface area (Å²) < 4.78 is 6.34. The van der Waals surface area contributed by atoms with Gasteiger partial charge in [0, 0.05) is 12.1 Å². The van der Waals surface area contributed by atoms with Crippen molar-refractivity contribution in [2.45, 2.75) is 84.9 Å². The standard InChI is InChI=1S/C35H62N6O/c1-28(2)25-38-16-8-18-40-33(12-14-36)21-31-20-32(24-35(23-31)42-27-30-10-6-5-7-11-30)22-34(13-15-37)41-19-9-17-39-26-29(3)4/h5-7,10-11,20,23-24,28-29,33-34,38-41H,8-9,12-19,21-22,25-27,36-37H2,1-4H3. The van der Waals surface area contributed by atoms with E-state index in [1.54, 1.807) is 0 Å². The molecule has 0 fully saturated rings. The summed E-state index contributed by atoms with van der Waals surface area (Å²) in [6.45, 7) is 17.1. The smallest absolute Gasteiger partial charge is 0.120 e. The van der Waals surface area contributed by atoms with E-state index >= 15 is 0 Å². The molecule has 7 nitrogen and oxygen atoms in total. The van der Waals surface area contributed by atoms with E-state index in [1.165, 1.54) is 16.7 Å². The zero-order chi connectivity index (χ0) is 30.4. The highest BCUT2D eigenvalue weighted by Gasteiger charge is 2.14. The van der Waals surface area contributed by atoms with Crippen LogP contribution in [0.1, 0.15) is 70.1 Å². The Morgan fingerprint density at radius 1 is 0.643 bits per heavy atom. The Kier molecular flexibility index (Phi) is 19.4. The van der Waals surface area contributed by atoms with Crippen molar-refractivity contribution in [3.8, 4) is 5.75 Å². The van der Waals surface area contributed by atoms with Gasteiger partial charge in [-0.25, -0.2) is 0 Å². The predicted molar refractivity (Wildman–Crippen MR) is 180 cm³/mol. The monoisotopic (exact) mass is 582 g/mol. The van der Waals surface area contributed by atoms with Crippen molar-refractivity contribution < 1.29 is 4.74 Å². The first kappa shape index (κ1) is 36.2. The normalized spacial score (nSPS) is 13.1. The maximum absolute atomic E-state index is 6.34. The van der Waals surface area contributed by atoms with Crippen LogP contribution in [0.15, 0.2) is 48.5 Å². The summed E-state index contributed by atoms with van der Waals surface area (Å²) in [4.78, 5) is 0. The molecule has 2 unspecified atom stereocenters. The van der Waals surface area contributed by atoms with E-state index in [1.807, 2.05) is 6.07 Å². The fourth-order valence-electron chi connectivity index (χ4n) is 5.13. The molecule has 0 aliphatic heterocycles. The van der Waals surface area contributed by atoms with Gasteiger partial charge in [0.25, 0.3) is 0 Å². The SMILES string of the molecule is CC(C)CNCCCNC(CCN)Cc1cc(CC(CCN)NCCCNCC(C)C)cc(OCc2ccccc2)c1. The van der Waals surface area contributed by atoms with E-state index in [0.717, 1.165) is 83.5 Å². The Morgan fingerprint density at radius 2 is 1.14 bits per heavy atom. The molecule has 0 heterocycles. The minimum atomic E-state index is 0.341. The van der Waals surface area contributed by atoms with Crippen molar-refractivity contribution in [3.63, 3.8) is 0 Å². The predicted octanol–water partition coefficient (Wildman–Crippen LogP) is 4.24. The van der Waals surface area contributed by atoms with Gasteiger partial charge >= 0.3 is 0 Å². The number of rotatable bonds is 25. The Balaban J connectivity index is 2.06. The molecule has 2 aromatic carbocycles. The summed E-state index contributed by atoms with van der Waals surface area (Å²) in [6.07, 6.45) is 5.99. The van der Waals surface area contributed by atoms with Gasteiger partial charge in [0.15, 0.2) is 0 Å². The minimum absolute atomic E-state index is 0.341. The molecule has 238 valence electrons. The third-order valence-corrected chi connectivity index (χ3v) is 7.30. The average Bonchev–Trinajstić information content (AvgIpc) is 2.96. The Hall–Kier alpha value is -2.00. The van der Waals surface area contributed by atoms with Crippen LogP contribution < -0.4 is 37.5 Å². The first-order chi connectivity index (χ1) is 20.4. The lowest BCUT2D eigenvalue weighted by molar-refractivity contribution is 0.305. The summed E-state index contributed by atoms with van der Waals surface area (Å²) >= 11 is 0. The molecule has 7 heteroatoms. The molecule has 0 aromatic heterocycles. The van der Waals surface area contributed by atoms with Crippen LogP contribution in [-0.2, 0) is 19.4 Å². The largest absolute Gasteiger partial charge is 0.489 e. The highest BCUT2D eigenvalue weighted by atomic mass is 16.5. The minimum Gasteiger partial charge on any atom is -0.489 e. The summed E-state index contributed by atoms with van der Waals surface area (Å²) in [5.74, 6) is 2.29. The van der Waals surface area contributed by atoms with Gasteiger partial charge in [-0.1, -0.05) is 64.1 Å². The van der Waals surface area contributed by atoms with Crippen molar-refractivity contribution in [3.05, 3.63) is 65.2 Å². The molecule has 0 radical (unpaired) electrons. The third kappa shape index (κ3) is 17.2. The van der Waals surface area contributed by atoms with E-state index < -0.39 is 0 Å². The van der Waals surface area contributed by atoms with Gasteiger partial charge < -0.3 is 37.5 Å². The van der Waals surface area contributed by atoms with Gasteiger partial charge in [-0.05, 0) is 132 Å². The van der Waals surface area contributed by atoms with Crippen LogP contribution in [0.25, 0.3) is 0 Å². The topological polar surface area (TPSA) is 109 Å². The van der Waals surface area contributed by atoms with Crippen molar-refractivity contribution >= 4 is 0 Å². The molecule has 0 spiro atoms. The van der Waals surface area contributed by atoms with Gasteiger partial charge in [0.1, 0.15) is 12.4 Å². The Bertz CT molecular complexity index is 873. The second-order valence-corrected chi connectivity index (χ2v) is 12.5. The second kappa shape index (κ2) is 22.5. The van der Waals surface area contributed by atoms with Crippen molar-refractivity contribution in [2.24, 2.45) is 23.3 Å². The molecule has 2 aromatic rings. The second-order valence-electron chi connectivity index (χ2n) is 12.5. The van der Waals surface area contributed by atoms with Crippen LogP contribution >= 0.6 is 0 Å². The van der Waals surface area contributed by atoms with Gasteiger partial charge in [-0.3, -0.25) is 0 Å². The number of nitrogens with one attached hydrogen (secondary N) is 4. The lowest BCUT2D eigenvalue weighted by Gasteiger charge is -2.22. The molecule has 0 bridgehead atoms. The molecule has 0 saturated carbocycles. The summed E-state index contributed by atoms with van der Waals surface area (Å²) in [5.41, 5.74) is 15.8. The third-order valence-electron chi connectivity index (χ3n) is 7.30. The van der Waals surface area contributed by atoms with E-state index in [0.29, 0.717) is 43.6 Å². The van der Waals surface area contributed by atoms with Crippen LogP contribution in [0, 0.1) is 11.8 Å². The summed E-state index contributed by atoms with van der Waals surface area (Å²) in [7, 11) is 0. The fourth-order valence-corrected chi connectivity index (χ4v) is 5.13. The zero-order valence-corrected chi connectivity index (χ0v) is 27.1. The molecule has 0 aliphatic rings. The van der Waals surface area contributed by atoms with Crippen molar-refractivity contribution in [2.75, 3.05) is 52.4 Å². The van der Waals surface area contributed by atoms with Crippen LogP contribution in [-0.4, -0.2) is 64.4 Å². The number of nitrogens with two attached hydrogens (primary N) is 2. The molecule has 0 amide bonds. The van der Waals surface area contributed by atoms with Gasteiger partial charge in [-0.15, -0.1) is 0 Å². The highest BCUT2D eigenvalue weighted by molar-refractivity contribution is 5.36. The van der Waals surface area contributed by atoms with Crippen molar-refractivity contribution in [1.82, 2.24) is 21.3 Å².